The number of H-pyrrole nitrogens is 1. The summed E-state index contributed by atoms with van der Waals surface area (Å²) >= 11 is 0. The number of aromatic nitrogens is 3. The molecule has 2 heterocycles. The van der Waals surface area contributed by atoms with Crippen LogP contribution in [0.4, 0.5) is 0 Å². The average Bonchev–Trinajstić information content (AvgIpc) is 3.12. The summed E-state index contributed by atoms with van der Waals surface area (Å²) in [6.07, 6.45) is 1.06. The predicted octanol–water partition coefficient (Wildman–Crippen LogP) is 1.09. The smallest absolute Gasteiger partial charge is 0.375 e. The molecule has 0 fully saturated rings. The molecule has 8 nitrogen and oxygen atoms in total. The first-order valence-electron chi connectivity index (χ1n) is 7.97. The van der Waals surface area contributed by atoms with Crippen LogP contribution in [0.15, 0.2) is 29.3 Å². The second-order valence-electron chi connectivity index (χ2n) is 5.29. The second kappa shape index (κ2) is 7.58. The summed E-state index contributed by atoms with van der Waals surface area (Å²) in [5, 5.41) is 13.2. The molecule has 0 aliphatic carbocycles. The number of carbonyl (C=O) groups excluding carboxylic acids is 1. The van der Waals surface area contributed by atoms with Gasteiger partial charge >= 0.3 is 5.97 Å². The molecule has 3 N–H and O–H groups in total. The number of hydrogen-bond acceptors (Lipinski definition) is 7. The van der Waals surface area contributed by atoms with E-state index in [4.69, 9.17) is 4.74 Å². The van der Waals surface area contributed by atoms with Gasteiger partial charge in [-0.2, -0.15) is 5.10 Å². The molecule has 24 heavy (non-hydrogen) atoms. The van der Waals surface area contributed by atoms with E-state index in [-0.39, 0.29) is 5.82 Å². The van der Waals surface area contributed by atoms with Crippen LogP contribution in [0.5, 0.6) is 0 Å². The Kier molecular flexibility index (Phi) is 5.05. The lowest BCUT2D eigenvalue weighted by Gasteiger charge is -2.16. The predicted molar refractivity (Wildman–Crippen MR) is 89.5 cm³/mol. The van der Waals surface area contributed by atoms with Crippen LogP contribution in [0.3, 0.4) is 0 Å². The third kappa shape index (κ3) is 3.89. The third-order valence-corrected chi connectivity index (χ3v) is 3.50. The van der Waals surface area contributed by atoms with E-state index in [2.05, 4.69) is 30.8 Å². The number of rotatable bonds is 5. The van der Waals surface area contributed by atoms with E-state index in [0.29, 0.717) is 19.0 Å². The van der Waals surface area contributed by atoms with Crippen molar-refractivity contribution in [1.82, 2.24) is 25.8 Å². The highest BCUT2D eigenvalue weighted by Gasteiger charge is 2.14. The third-order valence-electron chi connectivity index (χ3n) is 3.50. The second-order valence-corrected chi connectivity index (χ2v) is 5.29. The summed E-state index contributed by atoms with van der Waals surface area (Å²) in [5.41, 5.74) is 1.91. The Balaban J connectivity index is 1.68. The zero-order valence-electron chi connectivity index (χ0n) is 13.5. The molecule has 126 valence electrons. The van der Waals surface area contributed by atoms with Crippen molar-refractivity contribution in [2.45, 2.75) is 19.9 Å². The maximum absolute atomic E-state index is 11.6. The van der Waals surface area contributed by atoms with Crippen LogP contribution >= 0.6 is 0 Å². The molecule has 3 rings (SSSR count). The summed E-state index contributed by atoms with van der Waals surface area (Å²) in [4.78, 5) is 20.2. The SMILES string of the molecule is CCOC(=O)c1nc(-c2cccc(CNC3=NCCCN3)c2)n[nH]1. The molecule has 1 aliphatic rings. The van der Waals surface area contributed by atoms with E-state index < -0.39 is 5.97 Å². The lowest BCUT2D eigenvalue weighted by molar-refractivity contribution is 0.0512. The zero-order chi connectivity index (χ0) is 16.8. The molecule has 2 aromatic rings. The van der Waals surface area contributed by atoms with Gasteiger partial charge in [0.05, 0.1) is 6.61 Å². The van der Waals surface area contributed by atoms with E-state index in [1.54, 1.807) is 6.92 Å². The Morgan fingerprint density at radius 2 is 2.33 bits per heavy atom. The number of nitrogens with zero attached hydrogens (tertiary/aromatic N) is 3. The molecular formula is C16H20N6O2. The van der Waals surface area contributed by atoms with Crippen molar-refractivity contribution in [1.29, 1.82) is 0 Å². The maximum atomic E-state index is 11.6. The van der Waals surface area contributed by atoms with Gasteiger partial charge in [-0.1, -0.05) is 18.2 Å². The first-order chi connectivity index (χ1) is 11.8. The van der Waals surface area contributed by atoms with E-state index in [1.165, 1.54) is 0 Å². The summed E-state index contributed by atoms with van der Waals surface area (Å²) in [5.74, 6) is 0.897. The van der Waals surface area contributed by atoms with Crippen molar-refractivity contribution in [2.75, 3.05) is 19.7 Å². The molecule has 1 aliphatic heterocycles. The topological polar surface area (TPSA) is 104 Å². The van der Waals surface area contributed by atoms with Crippen LogP contribution < -0.4 is 10.6 Å². The number of guanidine groups is 1. The number of nitrogens with one attached hydrogen (secondary N) is 3. The Labute approximate surface area is 139 Å². The number of aromatic amines is 1. The Morgan fingerprint density at radius 1 is 1.42 bits per heavy atom. The lowest BCUT2D eigenvalue weighted by atomic mass is 10.1. The molecule has 0 saturated heterocycles. The average molecular weight is 328 g/mol. The van der Waals surface area contributed by atoms with Crippen molar-refractivity contribution in [2.24, 2.45) is 4.99 Å². The summed E-state index contributed by atoms with van der Waals surface area (Å²) in [6, 6.07) is 7.83. The molecular weight excluding hydrogens is 308 g/mol. The molecule has 0 unspecified atom stereocenters. The minimum absolute atomic E-state index is 0.108. The fourth-order valence-corrected chi connectivity index (χ4v) is 2.34. The van der Waals surface area contributed by atoms with Gasteiger partial charge in [-0.25, -0.2) is 9.78 Å². The summed E-state index contributed by atoms with van der Waals surface area (Å²) in [7, 11) is 0. The monoisotopic (exact) mass is 328 g/mol. The van der Waals surface area contributed by atoms with Gasteiger partial charge in [-0.15, -0.1) is 0 Å². The van der Waals surface area contributed by atoms with Gasteiger partial charge in [0.25, 0.3) is 0 Å². The minimum Gasteiger partial charge on any atom is -0.460 e. The van der Waals surface area contributed by atoms with Gasteiger partial charge in [-0.05, 0) is 25.0 Å². The number of hydrogen-bond donors (Lipinski definition) is 3. The van der Waals surface area contributed by atoms with Crippen molar-refractivity contribution in [3.8, 4) is 11.4 Å². The van der Waals surface area contributed by atoms with Gasteiger partial charge in [0, 0.05) is 25.2 Å². The van der Waals surface area contributed by atoms with Crippen molar-refractivity contribution in [3.05, 3.63) is 35.7 Å². The van der Waals surface area contributed by atoms with E-state index in [0.717, 1.165) is 36.6 Å². The fraction of sp³-hybridized carbons (Fsp3) is 0.375. The van der Waals surface area contributed by atoms with Gasteiger partial charge in [0.15, 0.2) is 11.8 Å². The molecule has 0 saturated carbocycles. The van der Waals surface area contributed by atoms with Crippen LogP contribution in [0.2, 0.25) is 0 Å². The van der Waals surface area contributed by atoms with Gasteiger partial charge in [0.1, 0.15) is 0 Å². The van der Waals surface area contributed by atoms with Gasteiger partial charge in [0.2, 0.25) is 5.82 Å². The van der Waals surface area contributed by atoms with Crippen molar-refractivity contribution in [3.63, 3.8) is 0 Å². The van der Waals surface area contributed by atoms with E-state index in [1.807, 2.05) is 24.3 Å². The normalized spacial score (nSPS) is 13.8. The molecule has 0 spiro atoms. The number of benzene rings is 1. The summed E-state index contributed by atoms with van der Waals surface area (Å²) in [6.45, 7) is 4.49. The van der Waals surface area contributed by atoms with Crippen molar-refractivity contribution < 1.29 is 9.53 Å². The van der Waals surface area contributed by atoms with Gasteiger partial charge < -0.3 is 15.4 Å². The van der Waals surface area contributed by atoms with Crippen LogP contribution in [0.1, 0.15) is 29.5 Å². The van der Waals surface area contributed by atoms with E-state index in [9.17, 15) is 4.79 Å². The first kappa shape index (κ1) is 16.0. The standard InChI is InChI=1S/C16H20N6O2/c1-2-24-15(23)14-20-13(21-22-14)12-6-3-5-11(9-12)10-19-16-17-7-4-8-18-16/h3,5-6,9H,2,4,7-8,10H2,1H3,(H2,17,18,19)(H,20,21,22). The van der Waals surface area contributed by atoms with Gasteiger partial charge in [-0.3, -0.25) is 10.1 Å². The Hall–Kier alpha value is -2.90. The van der Waals surface area contributed by atoms with Crippen LogP contribution in [0, 0.1) is 0 Å². The number of esters is 1. The Morgan fingerprint density at radius 3 is 3.12 bits per heavy atom. The molecule has 0 amide bonds. The van der Waals surface area contributed by atoms with E-state index >= 15 is 0 Å². The Bertz CT molecular complexity index is 740. The largest absolute Gasteiger partial charge is 0.460 e. The van der Waals surface area contributed by atoms with Crippen molar-refractivity contribution >= 4 is 11.9 Å². The number of ether oxygens (including phenoxy) is 1. The fourth-order valence-electron chi connectivity index (χ4n) is 2.34. The first-order valence-corrected chi connectivity index (χ1v) is 7.97. The highest BCUT2D eigenvalue weighted by atomic mass is 16.5. The molecule has 1 aromatic carbocycles. The van der Waals surface area contributed by atoms with Crippen LogP contribution in [-0.4, -0.2) is 46.8 Å². The minimum atomic E-state index is -0.504. The molecule has 0 atom stereocenters. The maximum Gasteiger partial charge on any atom is 0.375 e. The number of aliphatic imine (C=N–C) groups is 1. The zero-order valence-corrected chi connectivity index (χ0v) is 13.5. The number of carbonyl (C=O) groups is 1. The summed E-state index contributed by atoms with van der Waals surface area (Å²) < 4.78 is 4.90. The van der Waals surface area contributed by atoms with Crippen LogP contribution in [-0.2, 0) is 11.3 Å². The highest BCUT2D eigenvalue weighted by molar-refractivity contribution is 5.85. The van der Waals surface area contributed by atoms with Crippen LogP contribution in [0.25, 0.3) is 11.4 Å². The quantitative estimate of drug-likeness (QED) is 0.710. The molecule has 0 radical (unpaired) electrons. The molecule has 8 heteroatoms. The lowest BCUT2D eigenvalue weighted by Crippen LogP contribution is -2.40. The molecule has 0 bridgehead atoms. The molecule has 1 aromatic heterocycles. The highest BCUT2D eigenvalue weighted by Crippen LogP contribution is 2.16.